The molecule has 1 aromatic rings. The number of aliphatic hydroxyl groups is 1. The lowest BCUT2D eigenvalue weighted by molar-refractivity contribution is 0.0937. The second-order valence-corrected chi connectivity index (χ2v) is 2.85. The first-order valence-corrected chi connectivity index (χ1v) is 4.66. The van der Waals surface area contributed by atoms with E-state index in [1.165, 1.54) is 16.8 Å². The average molecular weight is 211 g/mol. The van der Waals surface area contributed by atoms with Crippen LogP contribution in [0.3, 0.4) is 0 Å². The van der Waals surface area contributed by atoms with Crippen LogP contribution in [0.1, 0.15) is 17.4 Å². The third kappa shape index (κ3) is 2.88. The van der Waals surface area contributed by atoms with E-state index in [0.29, 0.717) is 6.54 Å². The summed E-state index contributed by atoms with van der Waals surface area (Å²) in [7, 11) is 0. The predicted octanol–water partition coefficient (Wildman–Crippen LogP) is -1.01. The standard InChI is InChI=1S/C9H13N3O3/c1-2-12-8(14)4-3-7(11-12)9(15)10-5-6-13/h3-4,13H,2,5-6H2,1H3,(H,10,15). The summed E-state index contributed by atoms with van der Waals surface area (Å²) in [6.45, 7) is 2.23. The average Bonchev–Trinajstić information content (AvgIpc) is 2.26. The van der Waals surface area contributed by atoms with E-state index >= 15 is 0 Å². The molecule has 0 radical (unpaired) electrons. The van der Waals surface area contributed by atoms with Gasteiger partial charge < -0.3 is 10.4 Å². The molecular weight excluding hydrogens is 198 g/mol. The molecule has 2 N–H and O–H groups in total. The minimum absolute atomic E-state index is 0.126. The Bertz CT molecular complexity index is 400. The van der Waals surface area contributed by atoms with Gasteiger partial charge in [0.1, 0.15) is 5.69 Å². The molecular formula is C9H13N3O3. The van der Waals surface area contributed by atoms with E-state index < -0.39 is 5.91 Å². The Labute approximate surface area is 86.5 Å². The lowest BCUT2D eigenvalue weighted by Gasteiger charge is -2.04. The van der Waals surface area contributed by atoms with Gasteiger partial charge in [-0.2, -0.15) is 5.10 Å². The van der Waals surface area contributed by atoms with E-state index in [9.17, 15) is 9.59 Å². The second kappa shape index (κ2) is 5.26. The molecule has 0 aliphatic heterocycles. The van der Waals surface area contributed by atoms with Gasteiger partial charge in [0.25, 0.3) is 11.5 Å². The molecule has 0 atom stereocenters. The van der Waals surface area contributed by atoms with Crippen molar-refractivity contribution in [1.29, 1.82) is 0 Å². The summed E-state index contributed by atoms with van der Waals surface area (Å²) in [6.07, 6.45) is 0. The maximum absolute atomic E-state index is 11.4. The highest BCUT2D eigenvalue weighted by atomic mass is 16.3. The number of aromatic nitrogens is 2. The molecule has 82 valence electrons. The molecule has 0 saturated heterocycles. The summed E-state index contributed by atoms with van der Waals surface area (Å²) >= 11 is 0. The molecule has 1 aromatic heterocycles. The quantitative estimate of drug-likeness (QED) is 0.668. The van der Waals surface area contributed by atoms with Crippen molar-refractivity contribution in [2.75, 3.05) is 13.2 Å². The number of hydrogen-bond donors (Lipinski definition) is 2. The summed E-state index contributed by atoms with van der Waals surface area (Å²) in [4.78, 5) is 22.6. The highest BCUT2D eigenvalue weighted by molar-refractivity contribution is 5.91. The first-order chi connectivity index (χ1) is 7.19. The number of hydrogen-bond acceptors (Lipinski definition) is 4. The van der Waals surface area contributed by atoms with E-state index in [-0.39, 0.29) is 24.4 Å². The molecule has 0 spiro atoms. The number of rotatable bonds is 4. The molecule has 0 unspecified atom stereocenters. The first-order valence-electron chi connectivity index (χ1n) is 4.66. The van der Waals surface area contributed by atoms with Crippen LogP contribution >= 0.6 is 0 Å². The Kier molecular flexibility index (Phi) is 3.99. The Hall–Kier alpha value is -1.69. The second-order valence-electron chi connectivity index (χ2n) is 2.85. The summed E-state index contributed by atoms with van der Waals surface area (Å²) in [5.74, 6) is -0.397. The number of nitrogens with one attached hydrogen (secondary N) is 1. The Balaban J connectivity index is 2.86. The van der Waals surface area contributed by atoms with Crippen molar-refractivity contribution >= 4 is 5.91 Å². The zero-order chi connectivity index (χ0) is 11.3. The van der Waals surface area contributed by atoms with Crippen LogP contribution in [0, 0.1) is 0 Å². The van der Waals surface area contributed by atoms with Crippen molar-refractivity contribution in [3.05, 3.63) is 28.2 Å². The molecule has 0 bridgehead atoms. The monoisotopic (exact) mass is 211 g/mol. The van der Waals surface area contributed by atoms with Gasteiger partial charge in [-0.1, -0.05) is 0 Å². The number of aliphatic hydroxyl groups excluding tert-OH is 1. The van der Waals surface area contributed by atoms with Crippen LogP contribution < -0.4 is 10.9 Å². The predicted molar refractivity (Wildman–Crippen MR) is 53.6 cm³/mol. The number of carbonyl (C=O) groups excluding carboxylic acids is 1. The molecule has 1 amide bonds. The largest absolute Gasteiger partial charge is 0.395 e. The number of aryl methyl sites for hydroxylation is 1. The van der Waals surface area contributed by atoms with Gasteiger partial charge in [-0.25, -0.2) is 4.68 Å². The third-order valence-corrected chi connectivity index (χ3v) is 1.80. The Morgan fingerprint density at radius 3 is 2.93 bits per heavy atom. The van der Waals surface area contributed by atoms with Crippen molar-refractivity contribution in [3.63, 3.8) is 0 Å². The van der Waals surface area contributed by atoms with Crippen LogP contribution in [-0.4, -0.2) is 33.9 Å². The SMILES string of the molecule is CCn1nc(C(=O)NCCO)ccc1=O. The van der Waals surface area contributed by atoms with Crippen LogP contribution in [0.5, 0.6) is 0 Å². The fraction of sp³-hybridized carbons (Fsp3) is 0.444. The van der Waals surface area contributed by atoms with Crippen LogP contribution in [0.2, 0.25) is 0 Å². The topological polar surface area (TPSA) is 84.2 Å². The van der Waals surface area contributed by atoms with Gasteiger partial charge in [-0.3, -0.25) is 9.59 Å². The fourth-order valence-electron chi connectivity index (χ4n) is 1.06. The number of nitrogens with zero attached hydrogens (tertiary/aromatic N) is 2. The van der Waals surface area contributed by atoms with E-state index in [0.717, 1.165) is 0 Å². The maximum Gasteiger partial charge on any atom is 0.271 e. The normalized spacial score (nSPS) is 10.0. The lowest BCUT2D eigenvalue weighted by Crippen LogP contribution is -2.30. The summed E-state index contributed by atoms with van der Waals surface area (Å²) in [6, 6.07) is 2.66. The maximum atomic E-state index is 11.4. The molecule has 0 fully saturated rings. The Morgan fingerprint density at radius 2 is 2.33 bits per heavy atom. The number of amides is 1. The molecule has 15 heavy (non-hydrogen) atoms. The molecule has 1 rings (SSSR count). The molecule has 0 aliphatic rings. The van der Waals surface area contributed by atoms with Gasteiger partial charge in [0, 0.05) is 19.2 Å². The number of carbonyl (C=O) groups is 1. The van der Waals surface area contributed by atoms with Crippen LogP contribution in [0.15, 0.2) is 16.9 Å². The van der Waals surface area contributed by atoms with Crippen molar-refractivity contribution < 1.29 is 9.90 Å². The van der Waals surface area contributed by atoms with Crippen LogP contribution in [0.4, 0.5) is 0 Å². The molecule has 6 nitrogen and oxygen atoms in total. The molecule has 0 saturated carbocycles. The van der Waals surface area contributed by atoms with E-state index in [4.69, 9.17) is 5.11 Å². The molecule has 0 aliphatic carbocycles. The molecule has 0 aromatic carbocycles. The van der Waals surface area contributed by atoms with Gasteiger partial charge in [0.05, 0.1) is 6.61 Å². The van der Waals surface area contributed by atoms with Crippen molar-refractivity contribution in [1.82, 2.24) is 15.1 Å². The van der Waals surface area contributed by atoms with Crippen molar-refractivity contribution in [3.8, 4) is 0 Å². The van der Waals surface area contributed by atoms with Crippen LogP contribution in [-0.2, 0) is 6.54 Å². The zero-order valence-corrected chi connectivity index (χ0v) is 8.43. The lowest BCUT2D eigenvalue weighted by atomic mass is 10.3. The van der Waals surface area contributed by atoms with Gasteiger partial charge in [-0.15, -0.1) is 0 Å². The summed E-state index contributed by atoms with van der Waals surface area (Å²) in [5.41, 5.74) is -0.0684. The minimum Gasteiger partial charge on any atom is -0.395 e. The molecule has 1 heterocycles. The van der Waals surface area contributed by atoms with E-state index in [1.54, 1.807) is 6.92 Å². The first kappa shape index (κ1) is 11.4. The fourth-order valence-corrected chi connectivity index (χ4v) is 1.06. The Morgan fingerprint density at radius 1 is 1.60 bits per heavy atom. The van der Waals surface area contributed by atoms with E-state index in [1.807, 2.05) is 0 Å². The van der Waals surface area contributed by atoms with Gasteiger partial charge in [-0.05, 0) is 13.0 Å². The minimum atomic E-state index is -0.397. The highest BCUT2D eigenvalue weighted by Gasteiger charge is 2.07. The van der Waals surface area contributed by atoms with Gasteiger partial charge in [0.2, 0.25) is 0 Å². The smallest absolute Gasteiger partial charge is 0.271 e. The van der Waals surface area contributed by atoms with Gasteiger partial charge >= 0.3 is 0 Å². The van der Waals surface area contributed by atoms with Crippen molar-refractivity contribution in [2.24, 2.45) is 0 Å². The molecule has 6 heteroatoms. The van der Waals surface area contributed by atoms with E-state index in [2.05, 4.69) is 10.4 Å². The summed E-state index contributed by atoms with van der Waals surface area (Å²) < 4.78 is 1.20. The van der Waals surface area contributed by atoms with Crippen molar-refractivity contribution in [2.45, 2.75) is 13.5 Å². The highest BCUT2D eigenvalue weighted by Crippen LogP contribution is 1.90. The summed E-state index contributed by atoms with van der Waals surface area (Å²) in [5, 5.41) is 14.8. The zero-order valence-electron chi connectivity index (χ0n) is 8.43. The van der Waals surface area contributed by atoms with Crippen LogP contribution in [0.25, 0.3) is 0 Å². The van der Waals surface area contributed by atoms with Gasteiger partial charge in [0.15, 0.2) is 0 Å². The third-order valence-electron chi connectivity index (χ3n) is 1.80.